The summed E-state index contributed by atoms with van der Waals surface area (Å²) < 4.78 is 0. The standard InChI is InChI=1S/C50H32/c1-2-14-34(15-3-1)49-44-23-10-11-24-45(44)50(40-19-12-18-36(30-40)37-26-25-33-13-4-5-16-35(33)29-37)46-28-27-39(32-48(46)49)47-31-38-17-6-7-20-41(38)42-21-8-9-22-43(42)47/h1-32H. The molecule has 0 aromatic heterocycles. The van der Waals surface area contributed by atoms with Crippen molar-refractivity contribution < 1.29 is 0 Å². The Kier molecular flexibility index (Phi) is 6.60. The third-order valence-corrected chi connectivity index (χ3v) is 10.4. The van der Waals surface area contributed by atoms with Crippen LogP contribution in [0.25, 0.3) is 98.4 Å². The molecule has 0 saturated heterocycles. The van der Waals surface area contributed by atoms with Gasteiger partial charge in [-0.25, -0.2) is 0 Å². The second-order valence-corrected chi connectivity index (χ2v) is 13.3. The van der Waals surface area contributed by atoms with Crippen molar-refractivity contribution in [3.8, 4) is 44.5 Å². The lowest BCUT2D eigenvalue weighted by Gasteiger charge is -2.19. The van der Waals surface area contributed by atoms with E-state index in [0.29, 0.717) is 0 Å². The number of hydrogen-bond donors (Lipinski definition) is 0. The molecule has 0 heteroatoms. The first-order chi connectivity index (χ1) is 24.8. The van der Waals surface area contributed by atoms with Crippen molar-refractivity contribution >= 4 is 53.9 Å². The fourth-order valence-corrected chi connectivity index (χ4v) is 8.09. The lowest BCUT2D eigenvalue weighted by molar-refractivity contribution is 1.62. The molecule has 0 spiro atoms. The molecule has 0 N–H and O–H groups in total. The SMILES string of the molecule is c1ccc(-c2c3ccccc3c(-c3cccc(-c4ccc5ccccc5c4)c3)c3ccc(-c4cc5ccccc5c5ccccc45)cc23)cc1. The van der Waals surface area contributed by atoms with Gasteiger partial charge in [-0.3, -0.25) is 0 Å². The molecule has 0 fully saturated rings. The first kappa shape index (κ1) is 28.5. The molecular formula is C50H32. The van der Waals surface area contributed by atoms with E-state index in [-0.39, 0.29) is 0 Å². The maximum Gasteiger partial charge on any atom is -0.00261 e. The molecule has 0 bridgehead atoms. The van der Waals surface area contributed by atoms with E-state index in [2.05, 4.69) is 194 Å². The second kappa shape index (κ2) is 11.6. The fraction of sp³-hybridized carbons (Fsp3) is 0. The lowest BCUT2D eigenvalue weighted by atomic mass is 9.84. The number of rotatable bonds is 4. The Balaban J connectivity index is 1.27. The van der Waals surface area contributed by atoms with Crippen LogP contribution in [0.3, 0.4) is 0 Å². The van der Waals surface area contributed by atoms with Crippen molar-refractivity contribution in [1.29, 1.82) is 0 Å². The van der Waals surface area contributed by atoms with E-state index in [1.54, 1.807) is 0 Å². The highest BCUT2D eigenvalue weighted by molar-refractivity contribution is 6.23. The van der Waals surface area contributed by atoms with Crippen LogP contribution in [-0.4, -0.2) is 0 Å². The molecular weight excluding hydrogens is 601 g/mol. The number of hydrogen-bond acceptors (Lipinski definition) is 0. The molecule has 0 nitrogen and oxygen atoms in total. The molecule has 50 heavy (non-hydrogen) atoms. The van der Waals surface area contributed by atoms with Crippen LogP contribution in [0.5, 0.6) is 0 Å². The summed E-state index contributed by atoms with van der Waals surface area (Å²) in [6, 6.07) is 71.4. The molecule has 0 amide bonds. The molecule has 0 radical (unpaired) electrons. The van der Waals surface area contributed by atoms with Gasteiger partial charge in [-0.2, -0.15) is 0 Å². The minimum Gasteiger partial charge on any atom is -0.0622 e. The molecule has 0 aliphatic carbocycles. The van der Waals surface area contributed by atoms with Gasteiger partial charge in [0.05, 0.1) is 0 Å². The normalized spacial score (nSPS) is 11.6. The average Bonchev–Trinajstić information content (AvgIpc) is 3.19. The van der Waals surface area contributed by atoms with Gasteiger partial charge in [0, 0.05) is 0 Å². The highest BCUT2D eigenvalue weighted by Crippen LogP contribution is 2.46. The van der Waals surface area contributed by atoms with Crippen molar-refractivity contribution in [1.82, 2.24) is 0 Å². The summed E-state index contributed by atoms with van der Waals surface area (Å²) in [7, 11) is 0. The molecule has 10 aromatic carbocycles. The van der Waals surface area contributed by atoms with Crippen LogP contribution >= 0.6 is 0 Å². The summed E-state index contributed by atoms with van der Waals surface area (Å²) in [6.07, 6.45) is 0. The van der Waals surface area contributed by atoms with Crippen molar-refractivity contribution in [2.24, 2.45) is 0 Å². The van der Waals surface area contributed by atoms with Gasteiger partial charge in [-0.1, -0.05) is 170 Å². The monoisotopic (exact) mass is 632 g/mol. The molecule has 0 aliphatic rings. The van der Waals surface area contributed by atoms with Crippen molar-refractivity contribution in [3.05, 3.63) is 194 Å². The van der Waals surface area contributed by atoms with Gasteiger partial charge in [0.2, 0.25) is 0 Å². The van der Waals surface area contributed by atoms with Crippen molar-refractivity contribution in [2.45, 2.75) is 0 Å². The Hall–Kier alpha value is -6.50. The highest BCUT2D eigenvalue weighted by Gasteiger charge is 2.19. The van der Waals surface area contributed by atoms with E-state index in [0.717, 1.165) is 0 Å². The Morgan fingerprint density at radius 3 is 1.54 bits per heavy atom. The summed E-state index contributed by atoms with van der Waals surface area (Å²) in [5.74, 6) is 0. The van der Waals surface area contributed by atoms with Gasteiger partial charge in [0.25, 0.3) is 0 Å². The fourth-order valence-electron chi connectivity index (χ4n) is 8.09. The third kappa shape index (κ3) is 4.61. The van der Waals surface area contributed by atoms with Crippen LogP contribution < -0.4 is 0 Å². The Morgan fingerprint density at radius 2 is 0.740 bits per heavy atom. The zero-order chi connectivity index (χ0) is 33.0. The molecule has 10 aromatic rings. The molecule has 0 unspecified atom stereocenters. The molecule has 0 heterocycles. The minimum absolute atomic E-state index is 1.22. The molecule has 0 aliphatic heterocycles. The van der Waals surface area contributed by atoms with E-state index in [1.165, 1.54) is 98.4 Å². The van der Waals surface area contributed by atoms with E-state index >= 15 is 0 Å². The first-order valence-corrected chi connectivity index (χ1v) is 17.3. The van der Waals surface area contributed by atoms with Gasteiger partial charge in [0.15, 0.2) is 0 Å². The van der Waals surface area contributed by atoms with Crippen LogP contribution in [0.2, 0.25) is 0 Å². The van der Waals surface area contributed by atoms with Crippen molar-refractivity contribution in [2.75, 3.05) is 0 Å². The van der Waals surface area contributed by atoms with Crippen LogP contribution in [-0.2, 0) is 0 Å². The topological polar surface area (TPSA) is 0 Å². The Bertz CT molecular complexity index is 2910. The minimum atomic E-state index is 1.22. The van der Waals surface area contributed by atoms with Crippen LogP contribution in [0.4, 0.5) is 0 Å². The van der Waals surface area contributed by atoms with Crippen molar-refractivity contribution in [3.63, 3.8) is 0 Å². The molecule has 232 valence electrons. The average molecular weight is 633 g/mol. The van der Waals surface area contributed by atoms with Crippen LogP contribution in [0.15, 0.2) is 194 Å². The van der Waals surface area contributed by atoms with Gasteiger partial charge in [-0.15, -0.1) is 0 Å². The number of benzene rings is 10. The van der Waals surface area contributed by atoms with E-state index < -0.39 is 0 Å². The molecule has 10 rings (SSSR count). The summed E-state index contributed by atoms with van der Waals surface area (Å²) in [6.45, 7) is 0. The van der Waals surface area contributed by atoms with Gasteiger partial charge in [-0.05, 0) is 123 Å². The zero-order valence-electron chi connectivity index (χ0n) is 27.5. The predicted octanol–water partition coefficient (Wildman–Crippen LogP) is 14.1. The van der Waals surface area contributed by atoms with E-state index in [1.807, 2.05) is 0 Å². The number of fused-ring (bicyclic) bond motifs is 6. The maximum atomic E-state index is 2.44. The zero-order valence-corrected chi connectivity index (χ0v) is 27.5. The third-order valence-electron chi connectivity index (χ3n) is 10.4. The quantitative estimate of drug-likeness (QED) is 0.134. The highest BCUT2D eigenvalue weighted by atomic mass is 14.2. The van der Waals surface area contributed by atoms with Gasteiger partial charge >= 0.3 is 0 Å². The summed E-state index contributed by atoms with van der Waals surface area (Å²) >= 11 is 0. The van der Waals surface area contributed by atoms with E-state index in [4.69, 9.17) is 0 Å². The summed E-state index contributed by atoms with van der Waals surface area (Å²) in [5, 5.41) is 12.7. The molecule has 0 atom stereocenters. The summed E-state index contributed by atoms with van der Waals surface area (Å²) in [5.41, 5.74) is 9.93. The summed E-state index contributed by atoms with van der Waals surface area (Å²) in [4.78, 5) is 0. The van der Waals surface area contributed by atoms with E-state index in [9.17, 15) is 0 Å². The van der Waals surface area contributed by atoms with Gasteiger partial charge in [0.1, 0.15) is 0 Å². The Labute approximate surface area is 291 Å². The first-order valence-electron chi connectivity index (χ1n) is 17.3. The predicted molar refractivity (Wildman–Crippen MR) is 216 cm³/mol. The van der Waals surface area contributed by atoms with Gasteiger partial charge < -0.3 is 0 Å². The molecule has 0 saturated carbocycles. The maximum absolute atomic E-state index is 2.44. The lowest BCUT2D eigenvalue weighted by Crippen LogP contribution is -1.92. The largest absolute Gasteiger partial charge is 0.0622 e. The van der Waals surface area contributed by atoms with Crippen LogP contribution in [0, 0.1) is 0 Å². The Morgan fingerprint density at radius 1 is 0.200 bits per heavy atom. The second-order valence-electron chi connectivity index (χ2n) is 13.3. The smallest absolute Gasteiger partial charge is 0.00261 e. The van der Waals surface area contributed by atoms with Crippen LogP contribution in [0.1, 0.15) is 0 Å².